The zero-order chi connectivity index (χ0) is 34.9. The minimum Gasteiger partial charge on any atom is -0.465 e. The Morgan fingerprint density at radius 1 is 1.04 bits per heavy atom. The van der Waals surface area contributed by atoms with E-state index < -0.39 is 46.9 Å². The van der Waals surface area contributed by atoms with Crippen LogP contribution >= 0.6 is 0 Å². The summed E-state index contributed by atoms with van der Waals surface area (Å²) in [5.74, 6) is -0.645. The molecule has 0 spiro atoms. The molecule has 256 valence electrons. The highest BCUT2D eigenvalue weighted by atomic mass is 19.1. The largest absolute Gasteiger partial charge is 0.465 e. The van der Waals surface area contributed by atoms with E-state index in [-0.39, 0.29) is 31.9 Å². The van der Waals surface area contributed by atoms with Gasteiger partial charge in [-0.2, -0.15) is 5.10 Å². The fourth-order valence-electron chi connectivity index (χ4n) is 6.83. The molecule has 1 aliphatic carbocycles. The second-order valence-corrected chi connectivity index (χ2v) is 13.7. The Balaban J connectivity index is 1.18. The Hall–Kier alpha value is -5.30. The third-order valence-corrected chi connectivity index (χ3v) is 9.53. The molecule has 12 nitrogen and oxygen atoms in total. The number of fused-ring (bicyclic) bond motifs is 3. The third-order valence-electron chi connectivity index (χ3n) is 9.53. The molecular formula is C36H40FN7O5. The van der Waals surface area contributed by atoms with Crippen LogP contribution in [0.5, 0.6) is 0 Å². The van der Waals surface area contributed by atoms with E-state index in [1.165, 1.54) is 15.8 Å². The van der Waals surface area contributed by atoms with Crippen LogP contribution in [0.3, 0.4) is 0 Å². The molecule has 2 aliphatic rings. The van der Waals surface area contributed by atoms with Crippen LogP contribution in [0.15, 0.2) is 79.3 Å². The number of ether oxygens (including phenoxy) is 1. The summed E-state index contributed by atoms with van der Waals surface area (Å²) in [6, 6.07) is 18.4. The lowest BCUT2D eigenvalue weighted by Crippen LogP contribution is -2.69. The first-order valence-electron chi connectivity index (χ1n) is 16.2. The Morgan fingerprint density at radius 3 is 2.29 bits per heavy atom. The zero-order valence-corrected chi connectivity index (χ0v) is 27.8. The monoisotopic (exact) mass is 669 g/mol. The first-order valence-corrected chi connectivity index (χ1v) is 16.2. The number of carbonyl (C=O) groups is 3. The molecule has 4 N–H and O–H groups in total. The van der Waals surface area contributed by atoms with Gasteiger partial charge in [0, 0.05) is 24.7 Å². The average Bonchev–Trinajstić information content (AvgIpc) is 3.66. The van der Waals surface area contributed by atoms with E-state index in [1.54, 1.807) is 25.3 Å². The summed E-state index contributed by atoms with van der Waals surface area (Å²) in [4.78, 5) is 45.3. The van der Waals surface area contributed by atoms with Gasteiger partial charge in [0.25, 0.3) is 0 Å². The minimum absolute atomic E-state index is 0.0646. The summed E-state index contributed by atoms with van der Waals surface area (Å²) in [7, 11) is 0. The normalized spacial score (nSPS) is 19.4. The summed E-state index contributed by atoms with van der Waals surface area (Å²) in [6.07, 6.45) is 2.21. The van der Waals surface area contributed by atoms with Crippen molar-refractivity contribution in [2.75, 3.05) is 13.2 Å². The van der Waals surface area contributed by atoms with Crippen molar-refractivity contribution in [2.45, 2.75) is 64.1 Å². The Kier molecular flexibility index (Phi) is 9.12. The van der Waals surface area contributed by atoms with Gasteiger partial charge in [0.05, 0.1) is 18.4 Å². The summed E-state index contributed by atoms with van der Waals surface area (Å²) in [5.41, 5.74) is 8.74. The first-order chi connectivity index (χ1) is 23.4. The molecule has 3 atom stereocenters. The lowest BCUT2D eigenvalue weighted by Gasteiger charge is -2.49. The van der Waals surface area contributed by atoms with Crippen LogP contribution in [0, 0.1) is 11.2 Å². The lowest BCUT2D eigenvalue weighted by atomic mass is 9.73. The molecule has 3 unspecified atom stereocenters. The number of carboxylic acid groups (broad SMARTS) is 1. The highest BCUT2D eigenvalue weighted by molar-refractivity contribution is 5.87. The van der Waals surface area contributed by atoms with Crippen molar-refractivity contribution in [3.63, 3.8) is 0 Å². The van der Waals surface area contributed by atoms with Crippen LogP contribution in [0.25, 0.3) is 16.9 Å². The Morgan fingerprint density at radius 2 is 1.71 bits per heavy atom. The number of hydrogen-bond donors (Lipinski definition) is 4. The molecule has 0 bridgehead atoms. The molecule has 13 heteroatoms. The number of carbonyl (C=O) groups excluding carboxylic acids is 2. The number of halogens is 1. The number of hydrazine groups is 1. The minimum atomic E-state index is -1.37. The van der Waals surface area contributed by atoms with Gasteiger partial charge in [0.2, 0.25) is 5.91 Å². The second-order valence-electron chi connectivity index (χ2n) is 13.7. The maximum absolute atomic E-state index is 14.2. The van der Waals surface area contributed by atoms with E-state index in [0.717, 1.165) is 28.5 Å². The Labute approximate surface area is 283 Å². The number of piperidine rings is 1. The van der Waals surface area contributed by atoms with E-state index in [4.69, 9.17) is 4.74 Å². The van der Waals surface area contributed by atoms with Gasteiger partial charge in [-0.05, 0) is 59.1 Å². The van der Waals surface area contributed by atoms with Crippen LogP contribution in [-0.4, -0.2) is 67.6 Å². The van der Waals surface area contributed by atoms with E-state index in [1.807, 2.05) is 57.2 Å². The number of likely N-dealkylation sites (tertiary alicyclic amines) is 1. The lowest BCUT2D eigenvalue weighted by molar-refractivity contribution is -0.132. The Bertz CT molecular complexity index is 1810. The van der Waals surface area contributed by atoms with Crippen molar-refractivity contribution in [3.05, 3.63) is 102 Å². The zero-order valence-electron chi connectivity index (χ0n) is 27.8. The van der Waals surface area contributed by atoms with Crippen LogP contribution < -0.4 is 16.2 Å². The van der Waals surface area contributed by atoms with Crippen LogP contribution in [0.2, 0.25) is 0 Å². The smallest absolute Gasteiger partial charge is 0.421 e. The van der Waals surface area contributed by atoms with Crippen LogP contribution in [0.1, 0.15) is 69.2 Å². The van der Waals surface area contributed by atoms with E-state index in [9.17, 15) is 23.9 Å². The molecular weight excluding hydrogens is 629 g/mol. The average molecular weight is 670 g/mol. The molecule has 1 saturated heterocycles. The van der Waals surface area contributed by atoms with Gasteiger partial charge in [0.1, 0.15) is 12.1 Å². The van der Waals surface area contributed by atoms with Crippen molar-refractivity contribution in [1.29, 1.82) is 0 Å². The molecule has 0 saturated carbocycles. The maximum atomic E-state index is 14.2. The summed E-state index contributed by atoms with van der Waals surface area (Å²) in [6.45, 7) is 7.70. The summed E-state index contributed by atoms with van der Waals surface area (Å²) >= 11 is 0. The first kappa shape index (κ1) is 33.6. The quantitative estimate of drug-likeness (QED) is 0.178. The maximum Gasteiger partial charge on any atom is 0.421 e. The predicted molar refractivity (Wildman–Crippen MR) is 179 cm³/mol. The standard InChI is InChI=1S/C36H40FN7O5/c1-22(23-13-14-31(38-18-23)44-20-24(37)19-39-44)40-32(45)36(15-16-43(34(47)48)30(17-36)35(2,3)4)42-41-33(46)49-21-29-27-11-7-5-9-25(27)26-10-6-8-12-28(26)29/h5-14,18-20,22,29-30,42H,15-17,21H2,1-4H3,(H,40,45)(H,41,46)(H,47,48). The van der Waals surface area contributed by atoms with Crippen molar-refractivity contribution >= 4 is 18.1 Å². The van der Waals surface area contributed by atoms with Gasteiger partial charge in [-0.15, -0.1) is 0 Å². The van der Waals surface area contributed by atoms with Gasteiger partial charge in [-0.25, -0.2) is 29.1 Å². The van der Waals surface area contributed by atoms with Crippen molar-refractivity contribution in [2.24, 2.45) is 5.41 Å². The summed E-state index contributed by atoms with van der Waals surface area (Å²) in [5, 5.41) is 16.9. The van der Waals surface area contributed by atoms with Crippen molar-refractivity contribution < 1.29 is 28.6 Å². The van der Waals surface area contributed by atoms with E-state index in [2.05, 4.69) is 38.4 Å². The van der Waals surface area contributed by atoms with Crippen molar-refractivity contribution in [3.8, 4) is 16.9 Å². The molecule has 2 aromatic heterocycles. The fraction of sp³-hybridized carbons (Fsp3) is 0.361. The van der Waals surface area contributed by atoms with Crippen molar-refractivity contribution in [1.82, 2.24) is 35.8 Å². The number of hydrogen-bond acceptors (Lipinski definition) is 7. The second kappa shape index (κ2) is 13.3. The van der Waals surface area contributed by atoms with E-state index >= 15 is 0 Å². The number of rotatable bonds is 8. The molecule has 3 amide bonds. The van der Waals surface area contributed by atoms with Gasteiger partial charge in [-0.1, -0.05) is 75.4 Å². The number of nitrogens with zero attached hydrogens (tertiary/aromatic N) is 4. The van der Waals surface area contributed by atoms with E-state index in [0.29, 0.717) is 11.4 Å². The molecule has 0 radical (unpaired) electrons. The number of nitrogens with one attached hydrogen (secondary N) is 3. The van der Waals surface area contributed by atoms with Gasteiger partial charge in [-0.3, -0.25) is 10.2 Å². The molecule has 1 fully saturated rings. The number of pyridine rings is 1. The number of aromatic nitrogens is 3. The molecule has 49 heavy (non-hydrogen) atoms. The number of benzene rings is 2. The van der Waals surface area contributed by atoms with Crippen LogP contribution in [-0.2, 0) is 9.53 Å². The van der Waals surface area contributed by atoms with Gasteiger partial charge >= 0.3 is 12.2 Å². The summed E-state index contributed by atoms with van der Waals surface area (Å²) < 4.78 is 20.5. The number of amides is 3. The van der Waals surface area contributed by atoms with Gasteiger partial charge in [0.15, 0.2) is 11.6 Å². The molecule has 6 rings (SSSR count). The molecule has 4 aromatic rings. The SMILES string of the molecule is CC(NC(=O)C1(NNC(=O)OCC2c3ccccc3-c3ccccc32)CCN(C(=O)O)C(C(C)(C)C)C1)c1ccc(-n2cc(F)cn2)nc1. The molecule has 1 aliphatic heterocycles. The molecule has 2 aromatic carbocycles. The highest BCUT2D eigenvalue weighted by Gasteiger charge is 2.50. The third kappa shape index (κ3) is 6.84. The van der Waals surface area contributed by atoms with Gasteiger partial charge < -0.3 is 20.1 Å². The van der Waals surface area contributed by atoms with Crippen LogP contribution in [0.4, 0.5) is 14.0 Å². The predicted octanol–water partition coefficient (Wildman–Crippen LogP) is 5.55. The fourth-order valence-corrected chi connectivity index (χ4v) is 6.83. The topological polar surface area (TPSA) is 151 Å². The molecule has 3 heterocycles. The highest BCUT2D eigenvalue weighted by Crippen LogP contribution is 2.44.